The van der Waals surface area contributed by atoms with Gasteiger partial charge in [0.2, 0.25) is 0 Å². The van der Waals surface area contributed by atoms with Crippen molar-refractivity contribution in [3.8, 4) is 0 Å². The number of benzene rings is 1. The smallest absolute Gasteiger partial charge is 0.170 e. The molecule has 3 nitrogen and oxygen atoms in total. The molecule has 116 valence electrons. The highest BCUT2D eigenvalue weighted by molar-refractivity contribution is 8.32. The van der Waals surface area contributed by atoms with E-state index in [1.165, 1.54) is 11.8 Å². The molecule has 0 heterocycles. The second-order valence-corrected chi connectivity index (χ2v) is 6.84. The molecule has 0 aliphatic rings. The number of thioether (sulfide) groups is 1. The lowest BCUT2D eigenvalue weighted by Crippen LogP contribution is -2.30. The maximum atomic E-state index is 6.02. The third kappa shape index (κ3) is 5.66. The van der Waals surface area contributed by atoms with E-state index in [-0.39, 0.29) is 0 Å². The Morgan fingerprint density at radius 2 is 1.81 bits per heavy atom. The molecule has 21 heavy (non-hydrogen) atoms. The average Bonchev–Trinajstić information content (AvgIpc) is 2.43. The Morgan fingerprint density at radius 1 is 1.19 bits per heavy atom. The van der Waals surface area contributed by atoms with E-state index in [2.05, 4.69) is 23.7 Å². The standard InChI is InChI=1S/C14H19Cl2N3S2/c1-5-19(6-2)14(20)21-13(18(3)4)17-10-7-8-11(15)12(16)9-10/h7-9H,5-6H2,1-4H3. The van der Waals surface area contributed by atoms with E-state index >= 15 is 0 Å². The number of amidine groups is 1. The van der Waals surface area contributed by atoms with E-state index in [9.17, 15) is 0 Å². The molecule has 0 N–H and O–H groups in total. The first kappa shape index (κ1) is 18.6. The SMILES string of the molecule is CCN(CC)C(=S)SC(=Nc1ccc(Cl)c(Cl)c1)N(C)C. The first-order chi connectivity index (χ1) is 9.88. The summed E-state index contributed by atoms with van der Waals surface area (Å²) in [7, 11) is 3.88. The largest absolute Gasteiger partial charge is 0.358 e. The summed E-state index contributed by atoms with van der Waals surface area (Å²) in [6, 6.07) is 5.32. The van der Waals surface area contributed by atoms with Gasteiger partial charge in [-0.05, 0) is 43.8 Å². The summed E-state index contributed by atoms with van der Waals surface area (Å²) in [5, 5.41) is 1.82. The molecule has 1 aromatic rings. The van der Waals surface area contributed by atoms with Crippen LogP contribution < -0.4 is 0 Å². The van der Waals surface area contributed by atoms with Gasteiger partial charge in [-0.25, -0.2) is 4.99 Å². The van der Waals surface area contributed by atoms with Crippen molar-refractivity contribution in [3.05, 3.63) is 28.2 Å². The Labute approximate surface area is 146 Å². The van der Waals surface area contributed by atoms with Crippen LogP contribution in [0.4, 0.5) is 5.69 Å². The molecule has 0 unspecified atom stereocenters. The molecule has 7 heteroatoms. The Bertz CT molecular complexity index is 529. The Hall–Kier alpha value is -0.490. The molecular weight excluding hydrogens is 345 g/mol. The maximum absolute atomic E-state index is 6.02. The topological polar surface area (TPSA) is 18.8 Å². The van der Waals surface area contributed by atoms with Crippen molar-refractivity contribution in [2.75, 3.05) is 27.2 Å². The van der Waals surface area contributed by atoms with Gasteiger partial charge in [0.05, 0.1) is 15.7 Å². The van der Waals surface area contributed by atoms with Gasteiger partial charge in [-0.2, -0.15) is 0 Å². The van der Waals surface area contributed by atoms with Crippen molar-refractivity contribution in [2.45, 2.75) is 13.8 Å². The Balaban J connectivity index is 2.98. The van der Waals surface area contributed by atoms with Gasteiger partial charge in [-0.3, -0.25) is 0 Å². The monoisotopic (exact) mass is 363 g/mol. The van der Waals surface area contributed by atoms with Gasteiger partial charge < -0.3 is 9.80 Å². The third-order valence-corrected chi connectivity index (χ3v) is 5.03. The van der Waals surface area contributed by atoms with Crippen LogP contribution >= 0.6 is 47.2 Å². The zero-order chi connectivity index (χ0) is 16.0. The Kier molecular flexibility index (Phi) is 7.81. The summed E-state index contributed by atoms with van der Waals surface area (Å²) in [6.07, 6.45) is 0. The van der Waals surface area contributed by atoms with E-state index in [1.807, 2.05) is 25.1 Å². The summed E-state index contributed by atoms with van der Waals surface area (Å²) in [5.41, 5.74) is 0.753. The number of halogens is 2. The lowest BCUT2D eigenvalue weighted by atomic mass is 10.3. The van der Waals surface area contributed by atoms with Crippen molar-refractivity contribution < 1.29 is 0 Å². The molecule has 1 aromatic carbocycles. The van der Waals surface area contributed by atoms with Crippen LogP contribution in [0.2, 0.25) is 10.0 Å². The van der Waals surface area contributed by atoms with Crippen LogP contribution in [0.5, 0.6) is 0 Å². The molecular formula is C14H19Cl2N3S2. The summed E-state index contributed by atoms with van der Waals surface area (Å²) in [6.45, 7) is 5.94. The zero-order valence-corrected chi connectivity index (χ0v) is 15.7. The summed E-state index contributed by atoms with van der Waals surface area (Å²) >= 11 is 18.9. The Morgan fingerprint density at radius 3 is 2.29 bits per heavy atom. The van der Waals surface area contributed by atoms with Crippen LogP contribution in [0.3, 0.4) is 0 Å². The maximum Gasteiger partial charge on any atom is 0.170 e. The predicted molar refractivity (Wildman–Crippen MR) is 100 cm³/mol. The first-order valence-electron chi connectivity index (χ1n) is 6.56. The lowest BCUT2D eigenvalue weighted by molar-refractivity contribution is 0.482. The highest BCUT2D eigenvalue weighted by Crippen LogP contribution is 2.28. The zero-order valence-electron chi connectivity index (χ0n) is 12.6. The molecule has 0 aromatic heterocycles. The molecule has 0 aliphatic carbocycles. The van der Waals surface area contributed by atoms with Crippen LogP contribution in [0.1, 0.15) is 13.8 Å². The quantitative estimate of drug-likeness (QED) is 0.431. The van der Waals surface area contributed by atoms with Crippen molar-refractivity contribution in [2.24, 2.45) is 4.99 Å². The van der Waals surface area contributed by atoms with E-state index in [1.54, 1.807) is 12.1 Å². The second kappa shape index (κ2) is 8.83. The average molecular weight is 364 g/mol. The number of hydrogen-bond acceptors (Lipinski definition) is 3. The summed E-state index contributed by atoms with van der Waals surface area (Å²) in [5.74, 6) is 0. The fourth-order valence-corrected chi connectivity index (χ4v) is 3.15. The van der Waals surface area contributed by atoms with Crippen LogP contribution in [0, 0.1) is 0 Å². The van der Waals surface area contributed by atoms with Crippen LogP contribution in [0.25, 0.3) is 0 Å². The number of rotatable bonds is 3. The number of hydrogen-bond donors (Lipinski definition) is 0. The normalized spacial score (nSPS) is 11.4. The third-order valence-electron chi connectivity index (χ3n) is 2.71. The highest BCUT2D eigenvalue weighted by Gasteiger charge is 2.12. The van der Waals surface area contributed by atoms with Gasteiger partial charge in [-0.1, -0.05) is 35.4 Å². The van der Waals surface area contributed by atoms with Crippen molar-refractivity contribution in [3.63, 3.8) is 0 Å². The fraction of sp³-hybridized carbons (Fsp3) is 0.429. The van der Waals surface area contributed by atoms with E-state index in [0.717, 1.165) is 28.3 Å². The molecule has 0 bridgehead atoms. The van der Waals surface area contributed by atoms with Crippen LogP contribution in [-0.4, -0.2) is 46.5 Å². The summed E-state index contributed by atoms with van der Waals surface area (Å²) in [4.78, 5) is 8.65. The highest BCUT2D eigenvalue weighted by atomic mass is 35.5. The molecule has 1 rings (SSSR count). The van der Waals surface area contributed by atoms with Gasteiger partial charge >= 0.3 is 0 Å². The minimum atomic E-state index is 0.493. The van der Waals surface area contributed by atoms with E-state index in [4.69, 9.17) is 35.4 Å². The first-order valence-corrected chi connectivity index (χ1v) is 8.54. The molecule has 0 spiro atoms. The minimum absolute atomic E-state index is 0.493. The number of aliphatic imine (C=N–C) groups is 1. The molecule has 0 saturated heterocycles. The van der Waals surface area contributed by atoms with E-state index < -0.39 is 0 Å². The molecule has 0 radical (unpaired) electrons. The molecule has 0 atom stereocenters. The van der Waals surface area contributed by atoms with Gasteiger partial charge in [0.15, 0.2) is 5.17 Å². The van der Waals surface area contributed by atoms with Crippen LogP contribution in [-0.2, 0) is 0 Å². The summed E-state index contributed by atoms with van der Waals surface area (Å²) < 4.78 is 0.813. The van der Waals surface area contributed by atoms with Crippen LogP contribution in [0.15, 0.2) is 23.2 Å². The van der Waals surface area contributed by atoms with Gasteiger partial charge in [0.1, 0.15) is 4.32 Å². The molecule has 0 fully saturated rings. The molecule has 0 saturated carbocycles. The van der Waals surface area contributed by atoms with Gasteiger partial charge in [-0.15, -0.1) is 0 Å². The lowest BCUT2D eigenvalue weighted by Gasteiger charge is -2.23. The molecule has 0 aliphatic heterocycles. The van der Waals surface area contributed by atoms with Crippen molar-refractivity contribution >= 4 is 62.4 Å². The number of nitrogens with zero attached hydrogens (tertiary/aromatic N) is 3. The second-order valence-electron chi connectivity index (χ2n) is 4.43. The predicted octanol–water partition coefficient (Wildman–Crippen LogP) is 4.90. The van der Waals surface area contributed by atoms with E-state index in [0.29, 0.717) is 10.0 Å². The van der Waals surface area contributed by atoms with Gasteiger partial charge in [0, 0.05) is 27.2 Å². The van der Waals surface area contributed by atoms with Gasteiger partial charge in [0.25, 0.3) is 0 Å². The minimum Gasteiger partial charge on any atom is -0.358 e. The molecule has 0 amide bonds. The fourth-order valence-electron chi connectivity index (χ4n) is 1.50. The van der Waals surface area contributed by atoms with Crippen molar-refractivity contribution in [1.29, 1.82) is 0 Å². The number of thiocarbonyl (C=S) groups is 1. The van der Waals surface area contributed by atoms with Crippen molar-refractivity contribution in [1.82, 2.24) is 9.80 Å².